The Bertz CT molecular complexity index is 287. The zero-order chi connectivity index (χ0) is 14.7. The van der Waals surface area contributed by atoms with E-state index >= 15 is 0 Å². The molecule has 114 valence electrons. The Balaban J connectivity index is 3.70. The van der Waals surface area contributed by atoms with Gasteiger partial charge in [0.1, 0.15) is 0 Å². The minimum atomic E-state index is -4.34. The van der Waals surface area contributed by atoms with Crippen molar-refractivity contribution in [2.24, 2.45) is 0 Å². The van der Waals surface area contributed by atoms with Gasteiger partial charge in [-0.15, -0.1) is 0 Å². The second-order valence-corrected chi connectivity index (χ2v) is 6.67. The Kier molecular flexibility index (Phi) is 10.2. The van der Waals surface area contributed by atoms with Crippen LogP contribution in [-0.2, 0) is 14.1 Å². The zero-order valence-electron chi connectivity index (χ0n) is 12.0. The Hall–Kier alpha value is -0.380. The highest BCUT2D eigenvalue weighted by molar-refractivity contribution is 7.52. The first kappa shape index (κ1) is 18.6. The van der Waals surface area contributed by atoms with Crippen molar-refractivity contribution in [2.75, 3.05) is 0 Å². The minimum Gasteiger partial charge on any atom is -0.450 e. The Labute approximate surface area is 115 Å². The third-order valence-electron chi connectivity index (χ3n) is 2.98. The van der Waals surface area contributed by atoms with E-state index in [9.17, 15) is 9.36 Å². The number of carbonyl (C=O) groups excluding carboxylic acids is 1. The van der Waals surface area contributed by atoms with Crippen molar-refractivity contribution in [1.29, 1.82) is 0 Å². The first-order chi connectivity index (χ1) is 8.88. The molecule has 0 heterocycles. The number of unbranched alkanes of at least 4 members (excludes halogenated alkanes) is 7. The molecule has 0 saturated heterocycles. The van der Waals surface area contributed by atoms with Gasteiger partial charge in [-0.1, -0.05) is 51.9 Å². The maximum Gasteiger partial charge on any atom is 0.365 e. The van der Waals surface area contributed by atoms with Crippen LogP contribution < -0.4 is 0 Å². The summed E-state index contributed by atoms with van der Waals surface area (Å²) in [6.45, 7) is 3.34. The predicted octanol–water partition coefficient (Wildman–Crippen LogP) is 3.58. The fraction of sp³-hybridized carbons (Fsp3) is 0.923. The summed E-state index contributed by atoms with van der Waals surface area (Å²) in [5, 5.41) is 0. The predicted molar refractivity (Wildman–Crippen MR) is 74.8 cm³/mol. The van der Waals surface area contributed by atoms with Gasteiger partial charge in [-0.3, -0.25) is 9.36 Å². The Morgan fingerprint density at radius 2 is 1.53 bits per heavy atom. The van der Waals surface area contributed by atoms with Gasteiger partial charge in [0.25, 0.3) is 0 Å². The summed E-state index contributed by atoms with van der Waals surface area (Å²) >= 11 is 0. The van der Waals surface area contributed by atoms with Gasteiger partial charge in [0.05, 0.1) is 0 Å². The van der Waals surface area contributed by atoms with Crippen LogP contribution in [0, 0.1) is 0 Å². The minimum absolute atomic E-state index is 0.235. The normalized spacial score (nSPS) is 13.3. The van der Waals surface area contributed by atoms with Gasteiger partial charge in [0, 0.05) is 6.92 Å². The number of carbonyl (C=O) groups is 1. The Morgan fingerprint density at radius 1 is 1.05 bits per heavy atom. The summed E-state index contributed by atoms with van der Waals surface area (Å²) in [6, 6.07) is 0. The van der Waals surface area contributed by atoms with Gasteiger partial charge >= 0.3 is 13.6 Å². The summed E-state index contributed by atoms with van der Waals surface area (Å²) in [5.74, 6) is -1.92. The van der Waals surface area contributed by atoms with Gasteiger partial charge in [0.2, 0.25) is 5.85 Å². The topological polar surface area (TPSA) is 83.8 Å². The van der Waals surface area contributed by atoms with E-state index in [1.54, 1.807) is 0 Å². The molecule has 0 saturated carbocycles. The van der Waals surface area contributed by atoms with Gasteiger partial charge in [-0.2, -0.15) is 0 Å². The monoisotopic (exact) mass is 294 g/mol. The highest BCUT2D eigenvalue weighted by Crippen LogP contribution is 2.44. The first-order valence-corrected chi connectivity index (χ1v) is 8.78. The third kappa shape index (κ3) is 11.2. The SMILES string of the molecule is CCCCCCCCCCC(OC(C)=O)P(=O)(O)O. The molecule has 0 aromatic carbocycles. The van der Waals surface area contributed by atoms with Crippen LogP contribution in [0.2, 0.25) is 0 Å². The summed E-state index contributed by atoms with van der Waals surface area (Å²) in [7, 11) is -4.34. The van der Waals surface area contributed by atoms with Crippen LogP contribution in [0.1, 0.15) is 71.6 Å². The summed E-state index contributed by atoms with van der Waals surface area (Å²) < 4.78 is 15.8. The van der Waals surface area contributed by atoms with Crippen molar-refractivity contribution in [3.63, 3.8) is 0 Å². The molecule has 0 rings (SSSR count). The molecule has 1 unspecified atom stereocenters. The van der Waals surface area contributed by atoms with Crippen molar-refractivity contribution < 1.29 is 23.9 Å². The molecule has 0 amide bonds. The second kappa shape index (κ2) is 10.4. The molecular weight excluding hydrogens is 267 g/mol. The molecule has 6 heteroatoms. The molecule has 0 spiro atoms. The first-order valence-electron chi connectivity index (χ1n) is 7.10. The molecule has 19 heavy (non-hydrogen) atoms. The molecule has 0 aliphatic rings. The van der Waals surface area contributed by atoms with Crippen LogP contribution in [0.15, 0.2) is 0 Å². The molecule has 0 aliphatic heterocycles. The van der Waals surface area contributed by atoms with Crippen LogP contribution in [0.3, 0.4) is 0 Å². The lowest BCUT2D eigenvalue weighted by Crippen LogP contribution is -2.16. The quantitative estimate of drug-likeness (QED) is 0.345. The zero-order valence-corrected chi connectivity index (χ0v) is 12.9. The number of ether oxygens (including phenoxy) is 1. The molecule has 0 aromatic rings. The number of rotatable bonds is 11. The number of esters is 1. The van der Waals surface area contributed by atoms with E-state index in [0.717, 1.165) is 26.2 Å². The van der Waals surface area contributed by atoms with E-state index in [1.807, 2.05) is 0 Å². The van der Waals surface area contributed by atoms with E-state index in [2.05, 4.69) is 11.7 Å². The standard InChI is InChI=1S/C13H27O5P/c1-3-4-5-6-7-8-9-10-11-13(18-12(2)14)19(15,16)17/h13H,3-11H2,1-2H3,(H2,15,16,17). The average molecular weight is 294 g/mol. The fourth-order valence-electron chi connectivity index (χ4n) is 1.94. The Morgan fingerprint density at radius 3 is 1.95 bits per heavy atom. The van der Waals surface area contributed by atoms with Gasteiger partial charge < -0.3 is 14.5 Å². The smallest absolute Gasteiger partial charge is 0.365 e. The van der Waals surface area contributed by atoms with E-state index < -0.39 is 19.4 Å². The van der Waals surface area contributed by atoms with Crippen molar-refractivity contribution in [3.8, 4) is 0 Å². The maximum atomic E-state index is 11.1. The largest absolute Gasteiger partial charge is 0.450 e. The third-order valence-corrected chi connectivity index (χ3v) is 4.10. The average Bonchev–Trinajstić information content (AvgIpc) is 2.29. The number of hydrogen-bond donors (Lipinski definition) is 2. The van der Waals surface area contributed by atoms with Crippen LogP contribution in [0.25, 0.3) is 0 Å². The van der Waals surface area contributed by atoms with Crippen LogP contribution in [0.4, 0.5) is 0 Å². The molecular formula is C13H27O5P. The highest BCUT2D eigenvalue weighted by Gasteiger charge is 2.30. The summed E-state index contributed by atoms with van der Waals surface area (Å²) in [5.41, 5.74) is 0. The van der Waals surface area contributed by atoms with Gasteiger partial charge in [-0.25, -0.2) is 0 Å². The van der Waals surface area contributed by atoms with Gasteiger partial charge in [-0.05, 0) is 12.8 Å². The van der Waals surface area contributed by atoms with Crippen LogP contribution >= 0.6 is 7.60 Å². The molecule has 1 atom stereocenters. The van der Waals surface area contributed by atoms with Crippen molar-refractivity contribution in [1.82, 2.24) is 0 Å². The van der Waals surface area contributed by atoms with E-state index in [-0.39, 0.29) is 6.42 Å². The lowest BCUT2D eigenvalue weighted by atomic mass is 10.1. The maximum absolute atomic E-state index is 11.1. The fourth-order valence-corrected chi connectivity index (χ4v) is 2.74. The second-order valence-electron chi connectivity index (χ2n) is 4.92. The van der Waals surface area contributed by atoms with Crippen molar-refractivity contribution >= 4 is 13.6 Å². The number of hydrogen-bond acceptors (Lipinski definition) is 3. The van der Waals surface area contributed by atoms with E-state index in [1.165, 1.54) is 25.7 Å². The molecule has 0 fully saturated rings. The molecule has 0 aromatic heterocycles. The molecule has 2 N–H and O–H groups in total. The van der Waals surface area contributed by atoms with E-state index in [0.29, 0.717) is 6.42 Å². The molecule has 0 radical (unpaired) electrons. The van der Waals surface area contributed by atoms with Crippen LogP contribution in [-0.4, -0.2) is 21.6 Å². The van der Waals surface area contributed by atoms with E-state index in [4.69, 9.17) is 9.79 Å². The van der Waals surface area contributed by atoms with Crippen LogP contribution in [0.5, 0.6) is 0 Å². The highest BCUT2D eigenvalue weighted by atomic mass is 31.2. The molecule has 0 bridgehead atoms. The summed E-state index contributed by atoms with van der Waals surface area (Å²) in [4.78, 5) is 28.9. The lowest BCUT2D eigenvalue weighted by Gasteiger charge is -2.17. The van der Waals surface area contributed by atoms with Gasteiger partial charge in [0.15, 0.2) is 0 Å². The lowest BCUT2D eigenvalue weighted by molar-refractivity contribution is -0.143. The van der Waals surface area contributed by atoms with Crippen molar-refractivity contribution in [3.05, 3.63) is 0 Å². The van der Waals surface area contributed by atoms with Crippen molar-refractivity contribution in [2.45, 2.75) is 77.5 Å². The summed E-state index contributed by atoms with van der Waals surface area (Å²) in [6.07, 6.45) is 9.04. The molecule has 0 aliphatic carbocycles. The molecule has 5 nitrogen and oxygen atoms in total.